The zero-order chi connectivity index (χ0) is 20.2. The number of aromatic nitrogens is 3. The van der Waals surface area contributed by atoms with Crippen LogP contribution in [-0.4, -0.2) is 38.8 Å². The van der Waals surface area contributed by atoms with Crippen LogP contribution in [0, 0.1) is 5.82 Å². The lowest BCUT2D eigenvalue weighted by molar-refractivity contribution is -0.132. The lowest BCUT2D eigenvalue weighted by Gasteiger charge is -2.33. The van der Waals surface area contributed by atoms with Gasteiger partial charge in [-0.3, -0.25) is 9.78 Å². The van der Waals surface area contributed by atoms with Gasteiger partial charge >= 0.3 is 0 Å². The van der Waals surface area contributed by atoms with Gasteiger partial charge < -0.3 is 4.90 Å². The number of amides is 1. The molecule has 1 aliphatic heterocycles. The third-order valence-corrected chi connectivity index (χ3v) is 5.37. The summed E-state index contributed by atoms with van der Waals surface area (Å²) in [5, 5.41) is 0. The molecule has 0 spiro atoms. The molecule has 1 aromatic carbocycles. The maximum absolute atomic E-state index is 14.6. The van der Waals surface area contributed by atoms with E-state index in [1.54, 1.807) is 30.7 Å². The minimum Gasteiger partial charge on any atom is -0.342 e. The van der Waals surface area contributed by atoms with Crippen molar-refractivity contribution in [3.63, 3.8) is 0 Å². The summed E-state index contributed by atoms with van der Waals surface area (Å²) in [4.78, 5) is 27.7. The van der Waals surface area contributed by atoms with Crippen LogP contribution in [0.5, 0.6) is 0 Å². The molecule has 0 unspecified atom stereocenters. The molecule has 29 heavy (non-hydrogen) atoms. The molecule has 0 radical (unpaired) electrons. The minimum absolute atomic E-state index is 0.0345. The Morgan fingerprint density at radius 2 is 2.03 bits per heavy atom. The summed E-state index contributed by atoms with van der Waals surface area (Å²) in [6, 6.07) is 10.4. The van der Waals surface area contributed by atoms with Gasteiger partial charge in [0.1, 0.15) is 5.82 Å². The first-order chi connectivity index (χ1) is 14.2. The van der Waals surface area contributed by atoms with Crippen molar-refractivity contribution in [1.29, 1.82) is 0 Å². The number of halogens is 1. The van der Waals surface area contributed by atoms with Crippen LogP contribution in [0.25, 0.3) is 22.5 Å². The van der Waals surface area contributed by atoms with E-state index in [1.807, 2.05) is 30.0 Å². The molecule has 1 fully saturated rings. The number of pyridine rings is 1. The van der Waals surface area contributed by atoms with E-state index in [2.05, 4.69) is 9.97 Å². The van der Waals surface area contributed by atoms with Gasteiger partial charge in [0.25, 0.3) is 0 Å². The molecule has 1 atom stereocenters. The van der Waals surface area contributed by atoms with Gasteiger partial charge in [0, 0.05) is 60.7 Å². The first kappa shape index (κ1) is 19.2. The molecular formula is C23H23FN4O. The van der Waals surface area contributed by atoms with Gasteiger partial charge in [0.15, 0.2) is 5.82 Å². The van der Waals surface area contributed by atoms with Crippen LogP contribution in [-0.2, 0) is 4.79 Å². The summed E-state index contributed by atoms with van der Waals surface area (Å²) < 4.78 is 14.6. The molecule has 0 N–H and O–H groups in total. The Morgan fingerprint density at radius 1 is 1.17 bits per heavy atom. The van der Waals surface area contributed by atoms with Crippen LogP contribution in [0.2, 0.25) is 0 Å². The number of carbonyl (C=O) groups excluding carboxylic acids is 1. The number of hydrogen-bond acceptors (Lipinski definition) is 4. The second-order valence-corrected chi connectivity index (χ2v) is 7.25. The van der Waals surface area contributed by atoms with Gasteiger partial charge in [0.2, 0.25) is 5.91 Å². The largest absolute Gasteiger partial charge is 0.342 e. The smallest absolute Gasteiger partial charge is 0.222 e. The van der Waals surface area contributed by atoms with Crippen molar-refractivity contribution in [3.05, 3.63) is 66.5 Å². The zero-order valence-corrected chi connectivity index (χ0v) is 16.4. The predicted octanol–water partition coefficient (Wildman–Crippen LogP) is 4.46. The molecule has 0 aliphatic carbocycles. The number of carbonyl (C=O) groups is 1. The van der Waals surface area contributed by atoms with Crippen LogP contribution in [0.15, 0.2) is 55.0 Å². The molecule has 4 rings (SSSR count). The van der Waals surface area contributed by atoms with E-state index in [-0.39, 0.29) is 17.6 Å². The first-order valence-electron chi connectivity index (χ1n) is 9.97. The van der Waals surface area contributed by atoms with Crippen LogP contribution >= 0.6 is 0 Å². The van der Waals surface area contributed by atoms with Crippen molar-refractivity contribution in [3.8, 4) is 22.5 Å². The monoisotopic (exact) mass is 390 g/mol. The quantitative estimate of drug-likeness (QED) is 0.660. The van der Waals surface area contributed by atoms with Gasteiger partial charge in [-0.25, -0.2) is 14.4 Å². The van der Waals surface area contributed by atoms with Crippen molar-refractivity contribution in [2.75, 3.05) is 13.1 Å². The third-order valence-electron chi connectivity index (χ3n) is 5.37. The molecule has 148 valence electrons. The summed E-state index contributed by atoms with van der Waals surface area (Å²) in [5.41, 5.74) is 2.77. The zero-order valence-electron chi connectivity index (χ0n) is 16.4. The summed E-state index contributed by atoms with van der Waals surface area (Å²) in [7, 11) is 0. The highest BCUT2D eigenvalue weighted by Crippen LogP contribution is 2.35. The topological polar surface area (TPSA) is 59.0 Å². The third kappa shape index (κ3) is 4.01. The van der Waals surface area contributed by atoms with Crippen LogP contribution in [0.1, 0.15) is 37.8 Å². The highest BCUT2D eigenvalue weighted by Gasteiger charge is 2.28. The normalized spacial score (nSPS) is 16.6. The summed E-state index contributed by atoms with van der Waals surface area (Å²) in [6.07, 6.45) is 7.40. The van der Waals surface area contributed by atoms with Crippen LogP contribution in [0.3, 0.4) is 0 Å². The van der Waals surface area contributed by atoms with E-state index in [0.717, 1.165) is 30.6 Å². The standard InChI is InChI=1S/C23H23FN4O/c1-2-21(29)28-12-6-8-17(15-28)22-19(18-9-3-4-10-20(18)24)14-26-23(27-22)16-7-5-11-25-13-16/h3-5,7,9-11,13-14,17H,2,6,8,12,15H2,1H3/t17-/m0/s1. The summed E-state index contributed by atoms with van der Waals surface area (Å²) >= 11 is 0. The van der Waals surface area contributed by atoms with Gasteiger partial charge in [-0.05, 0) is 31.0 Å². The molecule has 5 nitrogen and oxygen atoms in total. The van der Waals surface area contributed by atoms with E-state index in [9.17, 15) is 9.18 Å². The van der Waals surface area contributed by atoms with Crippen LogP contribution < -0.4 is 0 Å². The Labute approximate surface area is 169 Å². The van der Waals surface area contributed by atoms with Crippen LogP contribution in [0.4, 0.5) is 4.39 Å². The van der Waals surface area contributed by atoms with E-state index < -0.39 is 0 Å². The number of nitrogens with zero attached hydrogens (tertiary/aromatic N) is 4. The number of benzene rings is 1. The number of likely N-dealkylation sites (tertiary alicyclic amines) is 1. The second-order valence-electron chi connectivity index (χ2n) is 7.25. The van der Waals surface area contributed by atoms with Crippen molar-refractivity contribution in [2.45, 2.75) is 32.1 Å². The number of hydrogen-bond donors (Lipinski definition) is 0. The maximum atomic E-state index is 14.6. The highest BCUT2D eigenvalue weighted by atomic mass is 19.1. The fraction of sp³-hybridized carbons (Fsp3) is 0.304. The van der Waals surface area contributed by atoms with Gasteiger partial charge in [0.05, 0.1) is 5.69 Å². The predicted molar refractivity (Wildman–Crippen MR) is 110 cm³/mol. The molecule has 3 heterocycles. The van der Waals surface area contributed by atoms with Crippen molar-refractivity contribution < 1.29 is 9.18 Å². The van der Waals surface area contributed by atoms with E-state index >= 15 is 0 Å². The molecular weight excluding hydrogens is 367 g/mol. The molecule has 3 aromatic rings. The highest BCUT2D eigenvalue weighted by molar-refractivity contribution is 5.76. The number of rotatable bonds is 4. The Bertz CT molecular complexity index is 1010. The van der Waals surface area contributed by atoms with Gasteiger partial charge in [-0.2, -0.15) is 0 Å². The van der Waals surface area contributed by atoms with Crippen molar-refractivity contribution >= 4 is 5.91 Å². The molecule has 0 saturated carbocycles. The summed E-state index contributed by atoms with van der Waals surface area (Å²) in [6.45, 7) is 3.23. The number of piperidine rings is 1. The van der Waals surface area contributed by atoms with E-state index in [4.69, 9.17) is 4.98 Å². The lowest BCUT2D eigenvalue weighted by Crippen LogP contribution is -2.39. The van der Waals surface area contributed by atoms with Gasteiger partial charge in [-0.1, -0.05) is 25.1 Å². The maximum Gasteiger partial charge on any atom is 0.222 e. The lowest BCUT2D eigenvalue weighted by atomic mass is 9.89. The molecule has 6 heteroatoms. The van der Waals surface area contributed by atoms with Crippen molar-refractivity contribution in [1.82, 2.24) is 19.9 Å². The SMILES string of the molecule is CCC(=O)N1CCC[C@H](c2nc(-c3cccnc3)ncc2-c2ccccc2F)C1. The molecule has 2 aromatic heterocycles. The first-order valence-corrected chi connectivity index (χ1v) is 9.97. The summed E-state index contributed by atoms with van der Waals surface area (Å²) in [5.74, 6) is 0.437. The Kier molecular flexibility index (Phi) is 5.60. The van der Waals surface area contributed by atoms with E-state index in [1.165, 1.54) is 6.07 Å². The average molecular weight is 390 g/mol. The van der Waals surface area contributed by atoms with Gasteiger partial charge in [-0.15, -0.1) is 0 Å². The molecule has 1 aliphatic rings. The molecule has 1 amide bonds. The van der Waals surface area contributed by atoms with E-state index in [0.29, 0.717) is 29.9 Å². The van der Waals surface area contributed by atoms with Crippen molar-refractivity contribution in [2.24, 2.45) is 0 Å². The Hall–Kier alpha value is -3.15. The minimum atomic E-state index is -0.302. The second kappa shape index (κ2) is 8.47. The molecule has 1 saturated heterocycles. The average Bonchev–Trinajstić information content (AvgIpc) is 2.79. The fourth-order valence-electron chi connectivity index (χ4n) is 3.88. The Balaban J connectivity index is 1.80. The molecule has 0 bridgehead atoms. The fourth-order valence-corrected chi connectivity index (χ4v) is 3.88. The Morgan fingerprint density at radius 3 is 2.79 bits per heavy atom.